The molecule has 10 heteroatoms. The monoisotopic (exact) mass is 448 g/mol. The number of benzene rings is 1. The van der Waals surface area contributed by atoms with Gasteiger partial charge in [0.15, 0.2) is 0 Å². The van der Waals surface area contributed by atoms with Gasteiger partial charge in [-0.25, -0.2) is 4.39 Å². The maximum Gasteiger partial charge on any atom is 0.435 e. The molecule has 3 aliphatic rings. The van der Waals surface area contributed by atoms with Crippen LogP contribution in [0, 0.1) is 23.2 Å². The minimum absolute atomic E-state index is 0.117. The molecule has 2 saturated carbocycles. The molecule has 31 heavy (non-hydrogen) atoms. The van der Waals surface area contributed by atoms with E-state index in [9.17, 15) is 35.5 Å². The topological polar surface area (TPSA) is 52.9 Å². The number of rotatable bonds is 3. The Bertz CT molecular complexity index is 929. The van der Waals surface area contributed by atoms with Crippen LogP contribution in [0.2, 0.25) is 0 Å². The molecule has 3 atom stereocenters. The van der Waals surface area contributed by atoms with E-state index in [-0.39, 0.29) is 35.6 Å². The van der Waals surface area contributed by atoms with Crippen LogP contribution in [-0.2, 0) is 16.9 Å². The molecule has 1 amide bonds. The van der Waals surface area contributed by atoms with Gasteiger partial charge in [0.2, 0.25) is 5.91 Å². The molecule has 1 N–H and O–H groups in total. The first-order chi connectivity index (χ1) is 14.3. The molecule has 0 saturated heterocycles. The predicted octanol–water partition coefficient (Wildman–Crippen LogP) is 5.20. The smallest absolute Gasteiger partial charge is 0.338 e. The van der Waals surface area contributed by atoms with Gasteiger partial charge in [-0.2, -0.15) is 31.6 Å². The standard InChI is InChI=1S/C21H19F7N2O/c22-19(20(23,24)25,21(26,27)28)12-2-4-13-11(9-12)1-3-15-14(13)5-6-16(15)17(31)30-18(10-29)7-8-18/h2,4,9,14-16H,1,3,5-8H2,(H,30,31)/t14?,15?,16-/m1/s1. The van der Waals surface area contributed by atoms with E-state index >= 15 is 0 Å². The molecule has 0 aromatic heterocycles. The van der Waals surface area contributed by atoms with Crippen LogP contribution < -0.4 is 5.32 Å². The number of aryl methyl sites for hydroxylation is 1. The molecule has 2 unspecified atom stereocenters. The number of alkyl halides is 7. The third kappa shape index (κ3) is 3.37. The average Bonchev–Trinajstić information content (AvgIpc) is 3.32. The molecule has 1 aromatic carbocycles. The van der Waals surface area contributed by atoms with Crippen molar-refractivity contribution in [3.05, 3.63) is 34.9 Å². The summed E-state index contributed by atoms with van der Waals surface area (Å²) in [5.41, 5.74) is -6.90. The van der Waals surface area contributed by atoms with E-state index in [0.29, 0.717) is 49.8 Å². The van der Waals surface area contributed by atoms with Crippen LogP contribution in [0.3, 0.4) is 0 Å². The first-order valence-corrected chi connectivity index (χ1v) is 10.0. The Labute approximate surface area is 173 Å². The first-order valence-electron chi connectivity index (χ1n) is 10.0. The molecule has 4 rings (SSSR count). The number of carbonyl (C=O) groups excluding carboxylic acids is 1. The minimum atomic E-state index is -6.15. The van der Waals surface area contributed by atoms with Crippen molar-refractivity contribution in [1.29, 1.82) is 5.26 Å². The summed E-state index contributed by atoms with van der Waals surface area (Å²) in [5.74, 6) is -0.914. The molecule has 0 heterocycles. The average molecular weight is 448 g/mol. The third-order valence-corrected chi connectivity index (χ3v) is 6.95. The number of hydrogen-bond donors (Lipinski definition) is 1. The fourth-order valence-electron chi connectivity index (χ4n) is 5.11. The second-order valence-electron chi connectivity index (χ2n) is 8.74. The van der Waals surface area contributed by atoms with Crippen molar-refractivity contribution in [2.24, 2.45) is 11.8 Å². The molecule has 168 valence electrons. The molecular weight excluding hydrogens is 429 g/mol. The Morgan fingerprint density at radius 3 is 2.23 bits per heavy atom. The van der Waals surface area contributed by atoms with Crippen molar-refractivity contribution in [1.82, 2.24) is 5.32 Å². The second-order valence-corrected chi connectivity index (χ2v) is 8.74. The molecule has 0 bridgehead atoms. The highest BCUT2D eigenvalue weighted by Crippen LogP contribution is 2.55. The maximum absolute atomic E-state index is 14.4. The van der Waals surface area contributed by atoms with Crippen LogP contribution >= 0.6 is 0 Å². The fraction of sp³-hybridized carbons (Fsp3) is 0.619. The third-order valence-electron chi connectivity index (χ3n) is 6.95. The number of hydrogen-bond acceptors (Lipinski definition) is 2. The summed E-state index contributed by atoms with van der Waals surface area (Å²) < 4.78 is 92.9. The highest BCUT2D eigenvalue weighted by molar-refractivity contribution is 5.81. The van der Waals surface area contributed by atoms with Crippen molar-refractivity contribution in [3.8, 4) is 6.07 Å². The van der Waals surface area contributed by atoms with E-state index in [4.69, 9.17) is 5.26 Å². The fourth-order valence-corrected chi connectivity index (χ4v) is 5.11. The van der Waals surface area contributed by atoms with Gasteiger partial charge < -0.3 is 5.32 Å². The maximum atomic E-state index is 14.4. The lowest BCUT2D eigenvalue weighted by Gasteiger charge is -2.34. The number of fused-ring (bicyclic) bond motifs is 3. The van der Waals surface area contributed by atoms with Crippen molar-refractivity contribution < 1.29 is 35.5 Å². The summed E-state index contributed by atoms with van der Waals surface area (Å²) >= 11 is 0. The largest absolute Gasteiger partial charge is 0.435 e. The van der Waals surface area contributed by atoms with Crippen LogP contribution in [0.15, 0.2) is 18.2 Å². The molecule has 1 aromatic rings. The Morgan fingerprint density at radius 2 is 1.68 bits per heavy atom. The van der Waals surface area contributed by atoms with Gasteiger partial charge in [0, 0.05) is 11.5 Å². The Balaban J connectivity index is 1.60. The molecule has 3 nitrogen and oxygen atoms in total. The Hall–Kier alpha value is -2.31. The zero-order chi connectivity index (χ0) is 22.8. The highest BCUT2D eigenvalue weighted by Gasteiger charge is 2.73. The van der Waals surface area contributed by atoms with Gasteiger partial charge in [-0.05, 0) is 61.5 Å². The van der Waals surface area contributed by atoms with Gasteiger partial charge in [-0.1, -0.05) is 18.2 Å². The summed E-state index contributed by atoms with van der Waals surface area (Å²) in [6.07, 6.45) is -9.50. The SMILES string of the molecule is N#CC1(NC(=O)[C@@H]2CCC3c4ccc(C(F)(C(F)(F)F)C(F)(F)F)cc4CCC32)CC1. The summed E-state index contributed by atoms with van der Waals surface area (Å²) in [4.78, 5) is 12.7. The van der Waals surface area contributed by atoms with Gasteiger partial charge in [0.1, 0.15) is 5.54 Å². The van der Waals surface area contributed by atoms with Crippen LogP contribution in [0.5, 0.6) is 0 Å². The molecule has 3 aliphatic carbocycles. The number of carbonyl (C=O) groups is 1. The van der Waals surface area contributed by atoms with Gasteiger partial charge in [-0.3, -0.25) is 4.79 Å². The zero-order valence-corrected chi connectivity index (χ0v) is 16.2. The van der Waals surface area contributed by atoms with E-state index in [2.05, 4.69) is 11.4 Å². The van der Waals surface area contributed by atoms with Gasteiger partial charge in [0.25, 0.3) is 0 Å². The number of nitrogens with zero attached hydrogens (tertiary/aromatic N) is 1. The lowest BCUT2D eigenvalue weighted by molar-refractivity contribution is -0.348. The minimum Gasteiger partial charge on any atom is -0.338 e. The molecule has 0 aliphatic heterocycles. The van der Waals surface area contributed by atoms with E-state index < -0.39 is 29.1 Å². The van der Waals surface area contributed by atoms with Crippen LogP contribution in [0.4, 0.5) is 30.7 Å². The van der Waals surface area contributed by atoms with E-state index in [1.807, 2.05) is 0 Å². The Morgan fingerprint density at radius 1 is 1.03 bits per heavy atom. The van der Waals surface area contributed by atoms with Crippen LogP contribution in [-0.4, -0.2) is 23.8 Å². The zero-order valence-electron chi connectivity index (χ0n) is 16.2. The second kappa shape index (κ2) is 6.84. The highest BCUT2D eigenvalue weighted by atomic mass is 19.4. The van der Waals surface area contributed by atoms with E-state index in [1.165, 1.54) is 0 Å². The van der Waals surface area contributed by atoms with Gasteiger partial charge >= 0.3 is 18.0 Å². The number of nitriles is 1. The number of nitrogens with one attached hydrogen (secondary N) is 1. The van der Waals surface area contributed by atoms with Crippen molar-refractivity contribution in [2.75, 3.05) is 0 Å². The summed E-state index contributed by atoms with van der Waals surface area (Å²) in [6.45, 7) is 0. The van der Waals surface area contributed by atoms with E-state index in [0.717, 1.165) is 6.07 Å². The summed E-state index contributed by atoms with van der Waals surface area (Å²) in [6, 6.07) is 4.47. The first kappa shape index (κ1) is 21.9. The summed E-state index contributed by atoms with van der Waals surface area (Å²) in [7, 11) is 0. The normalized spacial score (nSPS) is 27.1. The van der Waals surface area contributed by atoms with Crippen molar-refractivity contribution in [2.45, 2.75) is 68.0 Å². The molecule has 0 spiro atoms. The lowest BCUT2D eigenvalue weighted by atomic mass is 9.73. The lowest BCUT2D eigenvalue weighted by Crippen LogP contribution is -2.50. The van der Waals surface area contributed by atoms with Crippen molar-refractivity contribution >= 4 is 5.91 Å². The summed E-state index contributed by atoms with van der Waals surface area (Å²) in [5, 5.41) is 11.9. The number of amides is 1. The quantitative estimate of drug-likeness (QED) is 0.646. The van der Waals surface area contributed by atoms with Gasteiger partial charge in [0.05, 0.1) is 6.07 Å². The van der Waals surface area contributed by atoms with Gasteiger partial charge in [-0.15, -0.1) is 0 Å². The van der Waals surface area contributed by atoms with Crippen LogP contribution in [0.25, 0.3) is 0 Å². The van der Waals surface area contributed by atoms with Crippen LogP contribution in [0.1, 0.15) is 54.7 Å². The molecular formula is C21H19F7N2O. The molecule has 2 fully saturated rings. The predicted molar refractivity (Wildman–Crippen MR) is 94.3 cm³/mol. The molecule has 0 radical (unpaired) electrons. The van der Waals surface area contributed by atoms with Crippen molar-refractivity contribution in [3.63, 3.8) is 0 Å². The van der Waals surface area contributed by atoms with E-state index in [1.54, 1.807) is 0 Å². The Kier molecular flexibility index (Phi) is 4.84. The number of halogens is 7.